The molecule has 0 radical (unpaired) electrons. The SMILES string of the molecule is CCCCc1cc(CCCC)c(N2c3cc(-n4c5ccccc5c5ccccc54)ccc3B3c4ccc(-n5c6ccccc6c6ccccc65)cc4N(c4c(CCCC)cc(CCCC)cc4CCCC)c4cc(C(C)(C)C)cc2c43)c(CCCC)c1. The molecule has 0 atom stereocenters. The lowest BCUT2D eigenvalue weighted by atomic mass is 9.33. The zero-order valence-corrected chi connectivity index (χ0v) is 53.8. The van der Waals surface area contributed by atoms with Crippen LogP contribution in [0, 0.1) is 0 Å². The largest absolute Gasteiger partial charge is 0.311 e. The zero-order valence-electron chi connectivity index (χ0n) is 53.8. The van der Waals surface area contributed by atoms with Crippen LogP contribution >= 0.6 is 0 Å². The van der Waals surface area contributed by atoms with Crippen LogP contribution in [0.2, 0.25) is 0 Å². The van der Waals surface area contributed by atoms with Crippen LogP contribution in [0.1, 0.15) is 178 Å². The molecular weight excluding hydrogens is 1050 g/mol. The van der Waals surface area contributed by atoms with Crippen LogP contribution in [0.5, 0.6) is 0 Å². The average molecular weight is 1140 g/mol. The maximum absolute atomic E-state index is 2.86. The van der Waals surface area contributed by atoms with E-state index in [1.165, 1.54) is 170 Å². The van der Waals surface area contributed by atoms with Crippen LogP contribution in [0.15, 0.2) is 170 Å². The summed E-state index contributed by atoms with van der Waals surface area (Å²) < 4.78 is 5.10. The van der Waals surface area contributed by atoms with Crippen LogP contribution in [0.3, 0.4) is 0 Å². The molecule has 13 rings (SSSR count). The number of aromatic nitrogens is 2. The van der Waals surface area contributed by atoms with Gasteiger partial charge in [-0.15, -0.1) is 0 Å². The number of nitrogens with zero attached hydrogens (tertiary/aromatic N) is 4. The summed E-state index contributed by atoms with van der Waals surface area (Å²) in [5.41, 5.74) is 29.7. The Kier molecular flexibility index (Phi) is 16.6. The molecule has 0 fully saturated rings. The first-order chi connectivity index (χ1) is 42.6. The third-order valence-electron chi connectivity index (χ3n) is 19.5. The molecule has 4 nitrogen and oxygen atoms in total. The normalized spacial score (nSPS) is 13.0. The van der Waals surface area contributed by atoms with Gasteiger partial charge in [0.1, 0.15) is 0 Å². The number of fused-ring (bicyclic) bond motifs is 10. The van der Waals surface area contributed by atoms with E-state index in [4.69, 9.17) is 0 Å². The van der Waals surface area contributed by atoms with Gasteiger partial charge in [-0.2, -0.15) is 0 Å². The summed E-state index contributed by atoms with van der Waals surface area (Å²) in [6.07, 6.45) is 20.3. The van der Waals surface area contributed by atoms with E-state index in [-0.39, 0.29) is 12.1 Å². The van der Waals surface area contributed by atoms with E-state index in [9.17, 15) is 0 Å². The second-order valence-electron chi connectivity index (χ2n) is 26.7. The highest BCUT2D eigenvalue weighted by molar-refractivity contribution is 7.00. The zero-order chi connectivity index (χ0) is 59.9. The highest BCUT2D eigenvalue weighted by Gasteiger charge is 2.46. The summed E-state index contributed by atoms with van der Waals surface area (Å²) in [7, 11) is 0. The molecule has 0 N–H and O–H groups in total. The van der Waals surface area contributed by atoms with Crippen molar-refractivity contribution in [3.63, 3.8) is 0 Å². The van der Waals surface area contributed by atoms with Crippen LogP contribution in [0.4, 0.5) is 34.1 Å². The Morgan fingerprint density at radius 2 is 0.644 bits per heavy atom. The van der Waals surface area contributed by atoms with Crippen LogP contribution in [-0.2, 0) is 43.9 Å². The van der Waals surface area contributed by atoms with Crippen molar-refractivity contribution in [2.75, 3.05) is 9.80 Å². The Morgan fingerprint density at radius 1 is 0.333 bits per heavy atom. The molecule has 0 bridgehead atoms. The molecular formula is C82H91BN4. The number of para-hydroxylation sites is 4. The van der Waals surface area contributed by atoms with Crippen molar-refractivity contribution in [1.29, 1.82) is 0 Å². The summed E-state index contributed by atoms with van der Waals surface area (Å²) >= 11 is 0. The van der Waals surface area contributed by atoms with Gasteiger partial charge in [0.2, 0.25) is 0 Å². The van der Waals surface area contributed by atoms with E-state index in [1.807, 2.05) is 0 Å². The summed E-state index contributed by atoms with van der Waals surface area (Å²) in [4.78, 5) is 5.71. The molecule has 0 amide bonds. The van der Waals surface area contributed by atoms with Gasteiger partial charge < -0.3 is 18.9 Å². The number of anilines is 6. The van der Waals surface area contributed by atoms with Crippen molar-refractivity contribution < 1.29 is 0 Å². The molecule has 2 aliphatic rings. The molecule has 0 saturated carbocycles. The molecule has 5 heteroatoms. The van der Waals surface area contributed by atoms with Crippen LogP contribution in [-0.4, -0.2) is 15.8 Å². The molecule has 87 heavy (non-hydrogen) atoms. The number of hydrogen-bond donors (Lipinski definition) is 0. The van der Waals surface area contributed by atoms with Crippen molar-refractivity contribution >= 4 is 101 Å². The Hall–Kier alpha value is -7.76. The monoisotopic (exact) mass is 1140 g/mol. The molecule has 0 aliphatic carbocycles. The Labute approximate surface area is 520 Å². The van der Waals surface area contributed by atoms with E-state index in [0.29, 0.717) is 0 Å². The lowest BCUT2D eigenvalue weighted by molar-refractivity contribution is 0.590. The molecule has 9 aromatic carbocycles. The fraction of sp³-hybridized carbons (Fsp3) is 0.341. The minimum absolute atomic E-state index is 0.0510. The summed E-state index contributed by atoms with van der Waals surface area (Å²) in [5, 5.41) is 5.15. The van der Waals surface area contributed by atoms with Crippen molar-refractivity contribution in [2.45, 2.75) is 183 Å². The maximum atomic E-state index is 2.86. The van der Waals surface area contributed by atoms with Crippen molar-refractivity contribution in [3.8, 4) is 11.4 Å². The van der Waals surface area contributed by atoms with E-state index in [0.717, 1.165) is 89.9 Å². The minimum atomic E-state index is -0.172. The molecule has 2 aromatic heterocycles. The Morgan fingerprint density at radius 3 is 0.954 bits per heavy atom. The number of unbranched alkanes of at least 4 members (excludes halogenated alkanes) is 6. The van der Waals surface area contributed by atoms with Gasteiger partial charge in [0, 0.05) is 55.7 Å². The molecule has 0 unspecified atom stereocenters. The highest BCUT2D eigenvalue weighted by Crippen LogP contribution is 2.51. The number of aryl methyl sites for hydroxylation is 6. The topological polar surface area (TPSA) is 16.3 Å². The predicted molar refractivity (Wildman–Crippen MR) is 380 cm³/mol. The quantitative estimate of drug-likeness (QED) is 0.0629. The molecule has 11 aromatic rings. The summed E-state index contributed by atoms with van der Waals surface area (Å²) in [6, 6.07) is 67.4. The molecule has 4 heterocycles. The Balaban J connectivity index is 1.19. The third kappa shape index (κ3) is 10.5. The van der Waals surface area contributed by atoms with Crippen molar-refractivity contribution in [2.24, 2.45) is 0 Å². The van der Waals surface area contributed by atoms with Crippen molar-refractivity contribution in [1.82, 2.24) is 9.13 Å². The fourth-order valence-corrected chi connectivity index (χ4v) is 15.1. The van der Waals surface area contributed by atoms with Gasteiger partial charge in [-0.3, -0.25) is 0 Å². The maximum Gasteiger partial charge on any atom is 0.252 e. The standard InChI is InChI=1S/C82H91BN4/c1-10-16-30-56-48-58(32-18-12-3)80(59(49-56)33-19-13-4)86-75-54-63(84-71-40-26-22-36-65(71)66-37-23-27-41-72(66)84)44-46-69(75)83-70-47-45-64(85-73-42-28-24-38-67(73)68-39-25-29-43-74(68)85)55-76(70)87(78-53-62(82(7,8)9)52-77(86)79(78)83)81-60(34-20-14-5)50-57(31-17-11-2)51-61(81)35-21-15-6/h22-29,36-55H,10-21,30-35H2,1-9H3. The van der Waals surface area contributed by atoms with Gasteiger partial charge >= 0.3 is 0 Å². The lowest BCUT2D eigenvalue weighted by Gasteiger charge is -2.46. The van der Waals surface area contributed by atoms with Gasteiger partial charge in [0.15, 0.2) is 0 Å². The second kappa shape index (κ2) is 24.8. The second-order valence-corrected chi connectivity index (χ2v) is 26.7. The number of benzene rings is 9. The van der Waals surface area contributed by atoms with E-state index in [1.54, 1.807) is 0 Å². The predicted octanol–water partition coefficient (Wildman–Crippen LogP) is 21.3. The first-order valence-corrected chi connectivity index (χ1v) is 33.9. The molecule has 0 spiro atoms. The first-order valence-electron chi connectivity index (χ1n) is 33.9. The van der Waals surface area contributed by atoms with Gasteiger partial charge in [-0.1, -0.05) is 210 Å². The summed E-state index contributed by atoms with van der Waals surface area (Å²) in [5.74, 6) is 0. The van der Waals surface area contributed by atoms with Crippen LogP contribution in [0.25, 0.3) is 55.0 Å². The van der Waals surface area contributed by atoms with E-state index >= 15 is 0 Å². The molecule has 442 valence electrons. The van der Waals surface area contributed by atoms with E-state index < -0.39 is 0 Å². The fourth-order valence-electron chi connectivity index (χ4n) is 15.1. The lowest BCUT2D eigenvalue weighted by Crippen LogP contribution is -2.61. The van der Waals surface area contributed by atoms with Crippen molar-refractivity contribution in [3.05, 3.63) is 209 Å². The highest BCUT2D eigenvalue weighted by atomic mass is 15.2. The Bertz CT molecular complexity index is 3900. The summed E-state index contributed by atoms with van der Waals surface area (Å²) in [6.45, 7) is 21.5. The smallest absolute Gasteiger partial charge is 0.252 e. The first kappa shape index (κ1) is 58.3. The molecule has 2 aliphatic heterocycles. The number of hydrogen-bond acceptors (Lipinski definition) is 2. The average Bonchev–Trinajstić information content (AvgIpc) is 1.74. The minimum Gasteiger partial charge on any atom is -0.311 e. The third-order valence-corrected chi connectivity index (χ3v) is 19.5. The number of rotatable bonds is 22. The van der Waals surface area contributed by atoms with Crippen LogP contribution < -0.4 is 26.2 Å². The molecule has 0 saturated heterocycles. The van der Waals surface area contributed by atoms with Gasteiger partial charge in [0.25, 0.3) is 6.71 Å². The van der Waals surface area contributed by atoms with Gasteiger partial charge in [-0.05, 0) is 198 Å². The van der Waals surface area contributed by atoms with Gasteiger partial charge in [0.05, 0.1) is 33.4 Å². The van der Waals surface area contributed by atoms with E-state index in [2.05, 4.69) is 251 Å². The van der Waals surface area contributed by atoms with Gasteiger partial charge in [-0.25, -0.2) is 0 Å².